The summed E-state index contributed by atoms with van der Waals surface area (Å²) in [5.74, 6) is 1.07. The second-order valence-electron chi connectivity index (χ2n) is 5.82. The van der Waals surface area contributed by atoms with Crippen LogP contribution in [0.4, 0.5) is 5.82 Å². The quantitative estimate of drug-likeness (QED) is 0.913. The van der Waals surface area contributed by atoms with Crippen LogP contribution in [0.5, 0.6) is 0 Å². The van der Waals surface area contributed by atoms with Gasteiger partial charge >= 0.3 is 0 Å². The third-order valence-corrected chi connectivity index (χ3v) is 3.92. The fraction of sp³-hybridized carbons (Fsp3) is 0.667. The lowest BCUT2D eigenvalue weighted by atomic mass is 10.1. The molecular weight excluding hydrogens is 318 g/mol. The van der Waals surface area contributed by atoms with Crippen molar-refractivity contribution in [2.45, 2.75) is 52.4 Å². The summed E-state index contributed by atoms with van der Waals surface area (Å²) >= 11 is 3.52. The predicted octanol–water partition coefficient (Wildman–Crippen LogP) is 2.96. The minimum Gasteiger partial charge on any atom is -0.375 e. The summed E-state index contributed by atoms with van der Waals surface area (Å²) in [5, 5.41) is 3.48. The van der Waals surface area contributed by atoms with Gasteiger partial charge in [-0.2, -0.15) is 0 Å². The number of rotatable bonds is 4. The number of nitrogens with one attached hydrogen (secondary N) is 1. The topological polar surface area (TPSA) is 37.4 Å². The van der Waals surface area contributed by atoms with Crippen molar-refractivity contribution in [3.63, 3.8) is 0 Å². The molecule has 112 valence electrons. The molecule has 1 aliphatic rings. The molecule has 20 heavy (non-hydrogen) atoms. The Labute approximate surface area is 130 Å². The van der Waals surface area contributed by atoms with Gasteiger partial charge in [0.15, 0.2) is 0 Å². The van der Waals surface area contributed by atoms with Gasteiger partial charge in [-0.15, -0.1) is 0 Å². The lowest BCUT2D eigenvalue weighted by Gasteiger charge is -2.38. The van der Waals surface area contributed by atoms with Gasteiger partial charge in [0, 0.05) is 35.4 Å². The number of pyridine rings is 1. The van der Waals surface area contributed by atoms with Gasteiger partial charge in [-0.05, 0) is 35.8 Å². The first-order chi connectivity index (χ1) is 9.47. The van der Waals surface area contributed by atoms with Crippen LogP contribution in [-0.4, -0.2) is 36.3 Å². The first kappa shape index (κ1) is 15.7. The highest BCUT2D eigenvalue weighted by Crippen LogP contribution is 2.26. The Bertz CT molecular complexity index is 453. The summed E-state index contributed by atoms with van der Waals surface area (Å²) in [7, 11) is 0. The van der Waals surface area contributed by atoms with E-state index in [-0.39, 0.29) is 6.10 Å². The lowest BCUT2D eigenvalue weighted by Crippen LogP contribution is -2.48. The molecule has 2 unspecified atom stereocenters. The molecule has 1 saturated heterocycles. The number of halogens is 1. The summed E-state index contributed by atoms with van der Waals surface area (Å²) in [5.41, 5.74) is 1.23. The third kappa shape index (κ3) is 3.93. The van der Waals surface area contributed by atoms with Crippen LogP contribution < -0.4 is 10.2 Å². The Morgan fingerprint density at radius 1 is 1.50 bits per heavy atom. The molecule has 2 heterocycles. The number of hydrogen-bond acceptors (Lipinski definition) is 4. The van der Waals surface area contributed by atoms with E-state index < -0.39 is 0 Å². The SMILES string of the molecule is CC(C)NCc1cc(Br)cnc1N1CC(C)OCC1C. The fourth-order valence-electron chi connectivity index (χ4n) is 2.38. The van der Waals surface area contributed by atoms with Crippen LogP contribution in [0.15, 0.2) is 16.7 Å². The van der Waals surface area contributed by atoms with Crippen LogP contribution in [0.2, 0.25) is 0 Å². The van der Waals surface area contributed by atoms with Crippen LogP contribution in [0.3, 0.4) is 0 Å². The Balaban J connectivity index is 2.24. The van der Waals surface area contributed by atoms with E-state index in [4.69, 9.17) is 4.74 Å². The molecule has 4 nitrogen and oxygen atoms in total. The zero-order valence-electron chi connectivity index (χ0n) is 12.7. The molecule has 0 spiro atoms. The summed E-state index contributed by atoms with van der Waals surface area (Å²) in [6, 6.07) is 2.98. The molecule has 0 amide bonds. The molecule has 1 aromatic rings. The highest BCUT2D eigenvalue weighted by atomic mass is 79.9. The maximum atomic E-state index is 5.71. The van der Waals surface area contributed by atoms with Gasteiger partial charge in [-0.25, -0.2) is 4.98 Å². The third-order valence-electron chi connectivity index (χ3n) is 3.49. The van der Waals surface area contributed by atoms with E-state index in [2.05, 4.69) is 64.9 Å². The zero-order chi connectivity index (χ0) is 14.7. The van der Waals surface area contributed by atoms with Crippen molar-refractivity contribution in [3.8, 4) is 0 Å². The largest absolute Gasteiger partial charge is 0.375 e. The second kappa shape index (κ2) is 6.87. The van der Waals surface area contributed by atoms with Crippen molar-refractivity contribution in [1.29, 1.82) is 0 Å². The van der Waals surface area contributed by atoms with Gasteiger partial charge in [0.2, 0.25) is 0 Å². The molecule has 0 saturated carbocycles. The zero-order valence-corrected chi connectivity index (χ0v) is 14.3. The number of anilines is 1. The Kier molecular flexibility index (Phi) is 5.41. The molecule has 2 atom stereocenters. The van der Waals surface area contributed by atoms with Gasteiger partial charge in [0.1, 0.15) is 5.82 Å². The molecule has 0 radical (unpaired) electrons. The molecule has 0 aliphatic carbocycles. The van der Waals surface area contributed by atoms with E-state index in [1.807, 2.05) is 6.20 Å². The van der Waals surface area contributed by atoms with E-state index in [1.165, 1.54) is 5.56 Å². The molecule has 1 fully saturated rings. The summed E-state index contributed by atoms with van der Waals surface area (Å²) in [4.78, 5) is 7.01. The van der Waals surface area contributed by atoms with Gasteiger partial charge in [-0.3, -0.25) is 0 Å². The average Bonchev–Trinajstić information content (AvgIpc) is 2.39. The minimum atomic E-state index is 0.252. The normalized spacial score (nSPS) is 23.4. The predicted molar refractivity (Wildman–Crippen MR) is 86.1 cm³/mol. The van der Waals surface area contributed by atoms with Crippen molar-refractivity contribution in [2.24, 2.45) is 0 Å². The molecular formula is C15H24BrN3O. The molecule has 2 rings (SSSR count). The summed E-state index contributed by atoms with van der Waals surface area (Å²) in [6.45, 7) is 11.1. The van der Waals surface area contributed by atoms with E-state index in [0.29, 0.717) is 12.1 Å². The van der Waals surface area contributed by atoms with E-state index in [0.717, 1.165) is 30.0 Å². The van der Waals surface area contributed by atoms with Crippen molar-refractivity contribution < 1.29 is 4.74 Å². The van der Waals surface area contributed by atoms with Crippen molar-refractivity contribution in [2.75, 3.05) is 18.1 Å². The van der Waals surface area contributed by atoms with E-state index >= 15 is 0 Å². The Morgan fingerprint density at radius 3 is 2.95 bits per heavy atom. The number of hydrogen-bond donors (Lipinski definition) is 1. The van der Waals surface area contributed by atoms with Crippen molar-refractivity contribution >= 4 is 21.7 Å². The van der Waals surface area contributed by atoms with Crippen LogP contribution >= 0.6 is 15.9 Å². The fourth-order valence-corrected chi connectivity index (χ4v) is 2.75. The van der Waals surface area contributed by atoms with Crippen molar-refractivity contribution in [1.82, 2.24) is 10.3 Å². The Morgan fingerprint density at radius 2 is 2.25 bits per heavy atom. The molecule has 0 bridgehead atoms. The van der Waals surface area contributed by atoms with Gasteiger partial charge in [0.05, 0.1) is 18.8 Å². The molecule has 1 N–H and O–H groups in total. The van der Waals surface area contributed by atoms with Crippen LogP contribution in [-0.2, 0) is 11.3 Å². The van der Waals surface area contributed by atoms with E-state index in [1.54, 1.807) is 0 Å². The second-order valence-corrected chi connectivity index (χ2v) is 6.73. The Hall–Kier alpha value is -0.650. The number of aromatic nitrogens is 1. The number of morpholine rings is 1. The maximum Gasteiger partial charge on any atom is 0.133 e. The molecule has 1 aliphatic heterocycles. The lowest BCUT2D eigenvalue weighted by molar-refractivity contribution is 0.0339. The standard InChI is InChI=1S/C15H24BrN3O/c1-10(2)17-6-13-5-14(16)7-18-15(13)19-8-12(4)20-9-11(19)3/h5,7,10-12,17H,6,8-9H2,1-4H3. The van der Waals surface area contributed by atoms with Gasteiger partial charge < -0.3 is 15.0 Å². The molecule has 1 aromatic heterocycles. The van der Waals surface area contributed by atoms with Crippen LogP contribution in [0.1, 0.15) is 33.3 Å². The smallest absolute Gasteiger partial charge is 0.133 e. The average molecular weight is 342 g/mol. The summed E-state index contributed by atoms with van der Waals surface area (Å²) < 4.78 is 6.73. The first-order valence-corrected chi connectivity index (χ1v) is 8.02. The molecule has 0 aromatic carbocycles. The van der Waals surface area contributed by atoms with Gasteiger partial charge in [-0.1, -0.05) is 13.8 Å². The number of nitrogens with zero attached hydrogens (tertiary/aromatic N) is 2. The van der Waals surface area contributed by atoms with Crippen LogP contribution in [0.25, 0.3) is 0 Å². The monoisotopic (exact) mass is 341 g/mol. The van der Waals surface area contributed by atoms with Gasteiger partial charge in [0.25, 0.3) is 0 Å². The first-order valence-electron chi connectivity index (χ1n) is 7.23. The maximum absolute atomic E-state index is 5.71. The minimum absolute atomic E-state index is 0.252. The highest BCUT2D eigenvalue weighted by molar-refractivity contribution is 9.10. The summed E-state index contributed by atoms with van der Waals surface area (Å²) in [6.07, 6.45) is 2.13. The van der Waals surface area contributed by atoms with E-state index in [9.17, 15) is 0 Å². The highest BCUT2D eigenvalue weighted by Gasteiger charge is 2.26. The molecule has 5 heteroatoms. The number of ether oxygens (including phenoxy) is 1. The van der Waals surface area contributed by atoms with Crippen LogP contribution in [0, 0.1) is 0 Å². The van der Waals surface area contributed by atoms with Crippen molar-refractivity contribution in [3.05, 3.63) is 22.3 Å².